The van der Waals surface area contributed by atoms with Crippen molar-refractivity contribution in [2.24, 2.45) is 5.92 Å². The van der Waals surface area contributed by atoms with Crippen LogP contribution in [0.5, 0.6) is 0 Å². The lowest BCUT2D eigenvalue weighted by atomic mass is 9.71. The van der Waals surface area contributed by atoms with Gasteiger partial charge in [-0.05, 0) is 49.6 Å². The Morgan fingerprint density at radius 2 is 2.23 bits per heavy atom. The molecule has 4 heteroatoms. The minimum Gasteiger partial charge on any atom is -0.361 e. The SMILES string of the molecule is CCCCN(C)C(=O)[C@@H]1C=C2c3cccc4[nH]cc(c34)C[C@@]2(C)N(C)C1. The molecule has 0 radical (unpaired) electrons. The fraction of sp³-hybridized carbons (Fsp3) is 0.500. The fourth-order valence-corrected chi connectivity index (χ4v) is 4.67. The summed E-state index contributed by atoms with van der Waals surface area (Å²) >= 11 is 0. The van der Waals surface area contributed by atoms with Gasteiger partial charge in [0.05, 0.1) is 5.92 Å². The van der Waals surface area contributed by atoms with Gasteiger partial charge in [0, 0.05) is 42.8 Å². The lowest BCUT2D eigenvalue weighted by Crippen LogP contribution is -2.54. The Kier molecular flexibility index (Phi) is 4.19. The van der Waals surface area contributed by atoms with E-state index in [4.69, 9.17) is 0 Å². The summed E-state index contributed by atoms with van der Waals surface area (Å²) in [6.45, 7) is 6.10. The van der Waals surface area contributed by atoms with E-state index < -0.39 is 0 Å². The number of carbonyl (C=O) groups excluding carboxylic acids is 1. The molecule has 2 atom stereocenters. The van der Waals surface area contributed by atoms with Crippen molar-refractivity contribution < 1.29 is 4.79 Å². The van der Waals surface area contributed by atoms with Gasteiger partial charge in [-0.2, -0.15) is 0 Å². The Hall–Kier alpha value is -2.07. The third-order valence-corrected chi connectivity index (χ3v) is 6.41. The molecule has 0 bridgehead atoms. The number of rotatable bonds is 4. The molecule has 4 rings (SSSR count). The molecule has 26 heavy (non-hydrogen) atoms. The summed E-state index contributed by atoms with van der Waals surface area (Å²) in [6, 6.07) is 6.47. The average molecular weight is 351 g/mol. The highest BCUT2D eigenvalue weighted by atomic mass is 16.2. The highest BCUT2D eigenvalue weighted by Gasteiger charge is 2.44. The number of hydrogen-bond acceptors (Lipinski definition) is 2. The molecule has 0 fully saturated rings. The lowest BCUT2D eigenvalue weighted by molar-refractivity contribution is -0.133. The minimum atomic E-state index is -0.0688. The van der Waals surface area contributed by atoms with Gasteiger partial charge in [-0.15, -0.1) is 0 Å². The molecular formula is C22H29N3O. The zero-order valence-electron chi connectivity index (χ0n) is 16.3. The molecule has 0 saturated carbocycles. The second-order valence-electron chi connectivity index (χ2n) is 8.17. The Balaban J connectivity index is 1.77. The van der Waals surface area contributed by atoms with Crippen molar-refractivity contribution in [3.8, 4) is 0 Å². The summed E-state index contributed by atoms with van der Waals surface area (Å²) in [7, 11) is 4.10. The molecule has 2 aromatic rings. The first kappa shape index (κ1) is 17.3. The van der Waals surface area contributed by atoms with Gasteiger partial charge in [-0.3, -0.25) is 9.69 Å². The van der Waals surface area contributed by atoms with Gasteiger partial charge >= 0.3 is 0 Å². The van der Waals surface area contributed by atoms with Crippen molar-refractivity contribution in [1.82, 2.24) is 14.8 Å². The Labute approximate surface area is 155 Å². The molecule has 1 aliphatic heterocycles. The first-order valence-electron chi connectivity index (χ1n) is 9.73. The second-order valence-corrected chi connectivity index (χ2v) is 8.17. The summed E-state index contributed by atoms with van der Waals surface area (Å²) in [5, 5.41) is 1.33. The molecule has 1 aromatic carbocycles. The van der Waals surface area contributed by atoms with Crippen LogP contribution in [0.3, 0.4) is 0 Å². The molecule has 0 saturated heterocycles. The Morgan fingerprint density at radius 1 is 1.42 bits per heavy atom. The largest absolute Gasteiger partial charge is 0.361 e. The van der Waals surface area contributed by atoms with E-state index in [0.717, 1.165) is 32.4 Å². The van der Waals surface area contributed by atoms with Crippen LogP contribution in [0, 0.1) is 5.92 Å². The molecule has 2 aliphatic rings. The van der Waals surface area contributed by atoms with Crippen LogP contribution >= 0.6 is 0 Å². The van der Waals surface area contributed by atoms with E-state index in [9.17, 15) is 4.79 Å². The third kappa shape index (κ3) is 2.50. The molecule has 0 unspecified atom stereocenters. The normalized spacial score (nSPS) is 25.1. The standard InChI is InChI=1S/C22H29N3O/c1-5-6-10-24(3)21(26)15-11-18-17-8-7-9-19-20(17)16(13-23-19)12-22(18,2)25(4)14-15/h7-9,11,13,15,23H,5-6,10,12,14H2,1-4H3/t15-,22-/m1/s1. The number of likely N-dealkylation sites (N-methyl/N-ethyl adjacent to an activating group) is 1. The fourth-order valence-electron chi connectivity index (χ4n) is 4.67. The van der Waals surface area contributed by atoms with Crippen molar-refractivity contribution in [2.75, 3.05) is 27.2 Å². The number of amides is 1. The van der Waals surface area contributed by atoms with E-state index in [0.29, 0.717) is 0 Å². The van der Waals surface area contributed by atoms with Crippen molar-refractivity contribution in [2.45, 2.75) is 38.6 Å². The summed E-state index contributed by atoms with van der Waals surface area (Å²) < 4.78 is 0. The summed E-state index contributed by atoms with van der Waals surface area (Å²) in [5.41, 5.74) is 5.12. The van der Waals surface area contributed by atoms with Crippen LogP contribution in [0.1, 0.15) is 37.8 Å². The number of nitrogens with zero attached hydrogens (tertiary/aromatic N) is 2. The maximum Gasteiger partial charge on any atom is 0.230 e. The van der Waals surface area contributed by atoms with Crippen molar-refractivity contribution >= 4 is 22.4 Å². The zero-order valence-corrected chi connectivity index (χ0v) is 16.3. The molecular weight excluding hydrogens is 322 g/mol. The van der Waals surface area contributed by atoms with Crippen molar-refractivity contribution in [3.05, 3.63) is 41.6 Å². The second kappa shape index (κ2) is 6.27. The van der Waals surface area contributed by atoms with Gasteiger partial charge in [0.2, 0.25) is 5.91 Å². The van der Waals surface area contributed by atoms with Crippen LogP contribution < -0.4 is 0 Å². The van der Waals surface area contributed by atoms with Crippen molar-refractivity contribution in [1.29, 1.82) is 0 Å². The van der Waals surface area contributed by atoms with Crippen molar-refractivity contribution in [3.63, 3.8) is 0 Å². The smallest absolute Gasteiger partial charge is 0.230 e. The third-order valence-electron chi connectivity index (χ3n) is 6.41. The quantitative estimate of drug-likeness (QED) is 0.912. The van der Waals surface area contributed by atoms with Gasteiger partial charge in [0.25, 0.3) is 0 Å². The van der Waals surface area contributed by atoms with Gasteiger partial charge in [0.15, 0.2) is 0 Å². The average Bonchev–Trinajstić information content (AvgIpc) is 3.04. The molecule has 2 heterocycles. The van der Waals surface area contributed by atoms with E-state index in [2.05, 4.69) is 61.3 Å². The monoisotopic (exact) mass is 351 g/mol. The number of benzene rings is 1. The van der Waals surface area contributed by atoms with E-state index in [1.165, 1.54) is 27.6 Å². The number of aromatic nitrogens is 1. The molecule has 138 valence electrons. The summed E-state index contributed by atoms with van der Waals surface area (Å²) in [4.78, 5) is 20.7. The molecule has 1 N–H and O–H groups in total. The molecule has 0 spiro atoms. The summed E-state index contributed by atoms with van der Waals surface area (Å²) in [5.74, 6) is 0.174. The lowest BCUT2D eigenvalue weighted by Gasteiger charge is -2.48. The number of nitrogens with one attached hydrogen (secondary N) is 1. The maximum absolute atomic E-state index is 13.0. The topological polar surface area (TPSA) is 39.3 Å². The van der Waals surface area contributed by atoms with E-state index >= 15 is 0 Å². The summed E-state index contributed by atoms with van der Waals surface area (Å²) in [6.07, 6.45) is 7.57. The first-order valence-corrected chi connectivity index (χ1v) is 9.73. The van der Waals surface area contributed by atoms with E-state index in [1.54, 1.807) is 0 Å². The highest BCUT2D eigenvalue weighted by molar-refractivity contribution is 6.00. The van der Waals surface area contributed by atoms with Gasteiger partial charge < -0.3 is 9.88 Å². The number of H-pyrrole nitrogens is 1. The van der Waals surface area contributed by atoms with Crippen LogP contribution in [0.4, 0.5) is 0 Å². The van der Waals surface area contributed by atoms with Gasteiger partial charge in [-0.25, -0.2) is 0 Å². The molecule has 4 nitrogen and oxygen atoms in total. The Bertz CT molecular complexity index is 881. The number of fused-ring (bicyclic) bond motifs is 2. The van der Waals surface area contributed by atoms with Crippen LogP contribution in [0.15, 0.2) is 30.5 Å². The molecule has 1 amide bonds. The van der Waals surface area contributed by atoms with E-state index in [-0.39, 0.29) is 17.4 Å². The van der Waals surface area contributed by atoms with E-state index in [1.807, 2.05) is 11.9 Å². The zero-order chi connectivity index (χ0) is 18.5. The molecule has 1 aromatic heterocycles. The Morgan fingerprint density at radius 3 is 3.00 bits per heavy atom. The molecule has 1 aliphatic carbocycles. The van der Waals surface area contributed by atoms with Crippen LogP contribution in [-0.2, 0) is 11.2 Å². The first-order chi connectivity index (χ1) is 12.5. The minimum absolute atomic E-state index is 0.0533. The van der Waals surface area contributed by atoms with Crippen LogP contribution in [-0.4, -0.2) is 53.4 Å². The van der Waals surface area contributed by atoms with Gasteiger partial charge in [-0.1, -0.05) is 31.6 Å². The number of unbranched alkanes of at least 4 members (excludes halogenated alkanes) is 1. The predicted octanol–water partition coefficient (Wildman–Crippen LogP) is 3.69. The maximum atomic E-state index is 13.0. The number of hydrogen-bond donors (Lipinski definition) is 1. The number of aromatic amines is 1. The predicted molar refractivity (Wildman–Crippen MR) is 107 cm³/mol. The van der Waals surface area contributed by atoms with Crippen LogP contribution in [0.25, 0.3) is 16.5 Å². The van der Waals surface area contributed by atoms with Gasteiger partial charge in [0.1, 0.15) is 0 Å². The highest BCUT2D eigenvalue weighted by Crippen LogP contribution is 2.47. The number of carbonyl (C=O) groups is 1. The van der Waals surface area contributed by atoms with Crippen LogP contribution in [0.2, 0.25) is 0 Å².